The summed E-state index contributed by atoms with van der Waals surface area (Å²) in [6.45, 7) is 3.21. The predicted molar refractivity (Wildman–Crippen MR) is 83.2 cm³/mol. The zero-order valence-electron chi connectivity index (χ0n) is 11.6. The molecule has 1 aliphatic rings. The van der Waals surface area contributed by atoms with Crippen molar-refractivity contribution in [1.82, 2.24) is 4.90 Å². The van der Waals surface area contributed by atoms with Crippen molar-refractivity contribution in [3.63, 3.8) is 0 Å². The maximum absolute atomic E-state index is 12.2. The lowest BCUT2D eigenvalue weighted by Gasteiger charge is -2.22. The summed E-state index contributed by atoms with van der Waals surface area (Å²) in [4.78, 5) is 15.0. The van der Waals surface area contributed by atoms with Crippen LogP contribution < -0.4 is 0 Å². The van der Waals surface area contributed by atoms with E-state index in [2.05, 4.69) is 0 Å². The van der Waals surface area contributed by atoms with Crippen LogP contribution in [0.4, 0.5) is 0 Å². The minimum absolute atomic E-state index is 0.118. The Bertz CT molecular complexity index is 479. The van der Waals surface area contributed by atoms with Gasteiger partial charge in [0.25, 0.3) is 0 Å². The molecule has 1 aromatic carbocycles. The fraction of sp³-hybridized carbons (Fsp3) is 0.533. The van der Waals surface area contributed by atoms with E-state index in [0.29, 0.717) is 23.7 Å². The molecule has 1 aliphatic heterocycles. The number of hydrogen-bond donors (Lipinski definition) is 1. The van der Waals surface area contributed by atoms with Crippen LogP contribution >= 0.6 is 23.4 Å². The third-order valence-corrected chi connectivity index (χ3v) is 5.10. The van der Waals surface area contributed by atoms with Crippen LogP contribution in [0.1, 0.15) is 26.2 Å². The highest BCUT2D eigenvalue weighted by atomic mass is 35.5. The molecule has 1 fully saturated rings. The van der Waals surface area contributed by atoms with Crippen LogP contribution in [0.5, 0.6) is 0 Å². The summed E-state index contributed by atoms with van der Waals surface area (Å²) in [5, 5.41) is 10.7. The summed E-state index contributed by atoms with van der Waals surface area (Å²) in [6, 6.07) is 7.55. The molecule has 110 valence electrons. The Morgan fingerprint density at radius 2 is 2.15 bits per heavy atom. The third-order valence-electron chi connectivity index (χ3n) is 3.60. The van der Waals surface area contributed by atoms with E-state index >= 15 is 0 Å². The molecular formula is C15H20ClNO2S. The van der Waals surface area contributed by atoms with Crippen molar-refractivity contribution in [2.24, 2.45) is 0 Å². The number of aliphatic hydroxyl groups is 1. The average molecular weight is 314 g/mol. The van der Waals surface area contributed by atoms with Gasteiger partial charge in [0, 0.05) is 18.0 Å². The highest BCUT2D eigenvalue weighted by Crippen LogP contribution is 2.27. The summed E-state index contributed by atoms with van der Waals surface area (Å²) in [5.74, 6) is 0.513. The zero-order chi connectivity index (χ0) is 14.6. The van der Waals surface area contributed by atoms with Crippen molar-refractivity contribution >= 4 is 29.3 Å². The third kappa shape index (κ3) is 4.40. The van der Waals surface area contributed by atoms with Crippen LogP contribution in [-0.2, 0) is 4.79 Å². The summed E-state index contributed by atoms with van der Waals surface area (Å²) in [7, 11) is 0. The van der Waals surface area contributed by atoms with Crippen LogP contribution in [0.2, 0.25) is 5.02 Å². The van der Waals surface area contributed by atoms with E-state index < -0.39 is 5.60 Å². The van der Waals surface area contributed by atoms with E-state index in [0.717, 1.165) is 24.3 Å². The van der Waals surface area contributed by atoms with Crippen LogP contribution in [0.25, 0.3) is 0 Å². The largest absolute Gasteiger partial charge is 0.390 e. The van der Waals surface area contributed by atoms with Gasteiger partial charge in [0.15, 0.2) is 0 Å². The maximum atomic E-state index is 12.2. The Hall–Kier alpha value is -0.710. The van der Waals surface area contributed by atoms with Gasteiger partial charge in [-0.3, -0.25) is 4.79 Å². The standard InChI is InChI=1S/C15H20ClNO2S/c1-15(19)7-4-9-17(10-8-15)14(18)11-20-13-6-3-2-5-12(13)16/h2-3,5-6,19H,4,7-11H2,1H3. The number of nitrogens with zero attached hydrogens (tertiary/aromatic N) is 1. The first-order valence-corrected chi connectivity index (χ1v) is 8.22. The molecule has 1 aromatic rings. The molecule has 20 heavy (non-hydrogen) atoms. The number of likely N-dealkylation sites (tertiary alicyclic amines) is 1. The van der Waals surface area contributed by atoms with Gasteiger partial charge in [0.1, 0.15) is 0 Å². The fourth-order valence-corrected chi connectivity index (χ4v) is 3.45. The monoisotopic (exact) mass is 313 g/mol. The van der Waals surface area contributed by atoms with Gasteiger partial charge in [0.2, 0.25) is 5.91 Å². The number of thioether (sulfide) groups is 1. The highest BCUT2D eigenvalue weighted by molar-refractivity contribution is 8.00. The molecule has 1 heterocycles. The van der Waals surface area contributed by atoms with Crippen LogP contribution in [0.15, 0.2) is 29.2 Å². The van der Waals surface area contributed by atoms with E-state index in [4.69, 9.17) is 11.6 Å². The molecule has 2 rings (SSSR count). The molecule has 0 aliphatic carbocycles. The zero-order valence-corrected chi connectivity index (χ0v) is 13.2. The van der Waals surface area contributed by atoms with E-state index in [1.54, 1.807) is 0 Å². The number of amides is 1. The minimum atomic E-state index is -0.634. The van der Waals surface area contributed by atoms with Crippen molar-refractivity contribution in [2.45, 2.75) is 36.7 Å². The van der Waals surface area contributed by atoms with Gasteiger partial charge >= 0.3 is 0 Å². The highest BCUT2D eigenvalue weighted by Gasteiger charge is 2.26. The molecule has 1 saturated heterocycles. The summed E-state index contributed by atoms with van der Waals surface area (Å²) >= 11 is 7.55. The van der Waals surface area contributed by atoms with Gasteiger partial charge < -0.3 is 10.0 Å². The van der Waals surface area contributed by atoms with Crippen LogP contribution in [-0.4, -0.2) is 40.4 Å². The Labute approximate surface area is 129 Å². The first kappa shape index (κ1) is 15.7. The normalized spacial score (nSPS) is 23.4. The van der Waals surface area contributed by atoms with E-state index in [1.165, 1.54) is 11.8 Å². The van der Waals surface area contributed by atoms with Gasteiger partial charge in [-0.05, 0) is 38.3 Å². The van der Waals surface area contributed by atoms with Crippen LogP contribution in [0, 0.1) is 0 Å². The first-order valence-electron chi connectivity index (χ1n) is 6.85. The fourth-order valence-electron chi connectivity index (χ4n) is 2.31. The molecule has 0 spiro atoms. The van der Waals surface area contributed by atoms with Gasteiger partial charge in [-0.1, -0.05) is 23.7 Å². The number of carbonyl (C=O) groups excluding carboxylic acids is 1. The van der Waals surface area contributed by atoms with Gasteiger partial charge in [-0.25, -0.2) is 0 Å². The SMILES string of the molecule is CC1(O)CCCN(C(=O)CSc2ccccc2Cl)CC1. The molecule has 0 bridgehead atoms. The van der Waals surface area contributed by atoms with E-state index in [-0.39, 0.29) is 5.91 Å². The number of hydrogen-bond acceptors (Lipinski definition) is 3. The molecule has 5 heteroatoms. The topological polar surface area (TPSA) is 40.5 Å². The number of halogens is 1. The van der Waals surface area contributed by atoms with Gasteiger partial charge in [-0.2, -0.15) is 0 Å². The molecule has 0 saturated carbocycles. The van der Waals surface area contributed by atoms with E-state index in [9.17, 15) is 9.90 Å². The average Bonchev–Trinajstić information content (AvgIpc) is 2.58. The van der Waals surface area contributed by atoms with Crippen LogP contribution in [0.3, 0.4) is 0 Å². The van der Waals surface area contributed by atoms with Gasteiger partial charge in [-0.15, -0.1) is 11.8 Å². The lowest BCUT2D eigenvalue weighted by atomic mass is 9.98. The summed E-state index contributed by atoms with van der Waals surface area (Å²) in [5.41, 5.74) is -0.634. The van der Waals surface area contributed by atoms with E-state index in [1.807, 2.05) is 36.1 Å². The summed E-state index contributed by atoms with van der Waals surface area (Å²) in [6.07, 6.45) is 2.26. The van der Waals surface area contributed by atoms with Crippen molar-refractivity contribution in [3.8, 4) is 0 Å². The Kier molecular flexibility index (Phi) is 5.35. The molecule has 1 atom stereocenters. The second-order valence-corrected chi connectivity index (χ2v) is 6.87. The number of rotatable bonds is 3. The number of benzene rings is 1. The van der Waals surface area contributed by atoms with Gasteiger partial charge in [0.05, 0.1) is 16.4 Å². The first-order chi connectivity index (χ1) is 9.48. The second-order valence-electron chi connectivity index (χ2n) is 5.45. The molecule has 3 nitrogen and oxygen atoms in total. The van der Waals surface area contributed by atoms with Crippen molar-refractivity contribution < 1.29 is 9.90 Å². The quantitative estimate of drug-likeness (QED) is 0.871. The second kappa shape index (κ2) is 6.83. The lowest BCUT2D eigenvalue weighted by molar-refractivity contribution is -0.128. The lowest BCUT2D eigenvalue weighted by Crippen LogP contribution is -2.34. The Morgan fingerprint density at radius 1 is 1.40 bits per heavy atom. The Balaban J connectivity index is 1.87. The van der Waals surface area contributed by atoms with Crippen molar-refractivity contribution in [3.05, 3.63) is 29.3 Å². The van der Waals surface area contributed by atoms with Crippen molar-refractivity contribution in [1.29, 1.82) is 0 Å². The van der Waals surface area contributed by atoms with Crippen molar-refractivity contribution in [2.75, 3.05) is 18.8 Å². The molecule has 1 unspecified atom stereocenters. The minimum Gasteiger partial charge on any atom is -0.390 e. The molecule has 0 radical (unpaired) electrons. The number of carbonyl (C=O) groups is 1. The smallest absolute Gasteiger partial charge is 0.232 e. The summed E-state index contributed by atoms with van der Waals surface area (Å²) < 4.78 is 0. The maximum Gasteiger partial charge on any atom is 0.232 e. The Morgan fingerprint density at radius 3 is 2.90 bits per heavy atom. The molecule has 0 aromatic heterocycles. The molecule has 1 amide bonds. The predicted octanol–water partition coefficient (Wildman–Crippen LogP) is 3.20. The molecule has 1 N–H and O–H groups in total. The molecular weight excluding hydrogens is 294 g/mol.